The maximum Gasteiger partial charge on any atom is 0.338 e. The van der Waals surface area contributed by atoms with E-state index in [1.165, 1.54) is 42.5 Å². The third-order valence-corrected chi connectivity index (χ3v) is 5.57. The molecule has 0 aliphatic rings. The van der Waals surface area contributed by atoms with Gasteiger partial charge in [0.1, 0.15) is 28.1 Å². The first-order valence-electron chi connectivity index (χ1n) is 10.5. The zero-order valence-electron chi connectivity index (χ0n) is 18.8. The second-order valence-corrected chi connectivity index (χ2v) is 8.04. The van der Waals surface area contributed by atoms with Crippen LogP contribution in [0.5, 0.6) is 5.75 Å². The molecule has 1 N–H and O–H groups in total. The van der Waals surface area contributed by atoms with E-state index in [2.05, 4.69) is 10.3 Å². The number of benzene rings is 2. The minimum Gasteiger partial charge on any atom is -0.486 e. The largest absolute Gasteiger partial charge is 0.486 e. The van der Waals surface area contributed by atoms with Gasteiger partial charge in [-0.05, 0) is 63.2 Å². The van der Waals surface area contributed by atoms with E-state index in [0.29, 0.717) is 21.3 Å². The number of esters is 2. The number of anilines is 1. The topological polar surface area (TPSA) is 104 Å². The number of thiazole rings is 1. The molecular weight excluding hydrogens is 463 g/mol. The highest BCUT2D eigenvalue weighted by Gasteiger charge is 2.19. The molecule has 8 nitrogen and oxygen atoms in total. The highest BCUT2D eigenvalue weighted by atomic mass is 32.1. The zero-order chi connectivity index (χ0) is 24.7. The Bertz CT molecular complexity index is 1160. The van der Waals surface area contributed by atoms with E-state index >= 15 is 0 Å². The monoisotopic (exact) mass is 486 g/mol. The Morgan fingerprint density at radius 3 is 2.12 bits per heavy atom. The lowest BCUT2D eigenvalue weighted by Crippen LogP contribution is -2.15. The molecule has 0 aliphatic heterocycles. The van der Waals surface area contributed by atoms with Crippen molar-refractivity contribution < 1.29 is 33.0 Å². The van der Waals surface area contributed by atoms with E-state index in [1.807, 2.05) is 0 Å². The van der Waals surface area contributed by atoms with E-state index in [1.54, 1.807) is 20.8 Å². The van der Waals surface area contributed by atoms with Crippen molar-refractivity contribution >= 4 is 34.9 Å². The predicted molar refractivity (Wildman–Crippen MR) is 124 cm³/mol. The molecule has 1 amide bonds. The summed E-state index contributed by atoms with van der Waals surface area (Å²) >= 11 is 1.14. The lowest BCUT2D eigenvalue weighted by molar-refractivity contribution is 0.0525. The maximum absolute atomic E-state index is 13.0. The van der Waals surface area contributed by atoms with Crippen molar-refractivity contribution in [3.05, 3.63) is 75.0 Å². The summed E-state index contributed by atoms with van der Waals surface area (Å²) in [5.74, 6) is -1.60. The molecular formula is C24H23FN2O6S. The van der Waals surface area contributed by atoms with Crippen LogP contribution in [0.3, 0.4) is 0 Å². The number of aryl methyl sites for hydroxylation is 1. The highest BCUT2D eigenvalue weighted by molar-refractivity contribution is 7.13. The second-order valence-electron chi connectivity index (χ2n) is 6.96. The van der Waals surface area contributed by atoms with E-state index in [0.717, 1.165) is 11.3 Å². The Labute approximate surface area is 199 Å². The van der Waals surface area contributed by atoms with Crippen LogP contribution in [0.2, 0.25) is 0 Å². The number of carbonyl (C=O) groups is 3. The molecule has 0 fully saturated rings. The zero-order valence-corrected chi connectivity index (χ0v) is 19.7. The van der Waals surface area contributed by atoms with Crippen LogP contribution in [0.1, 0.15) is 54.9 Å². The molecule has 0 radical (unpaired) electrons. The number of hydrogen-bond donors (Lipinski definition) is 1. The third kappa shape index (κ3) is 6.38. The standard InChI is InChI=1S/C24H23FN2O6S/c1-4-31-23(29)15-10-16(24(30)32-5-2)12-18(11-15)27-22(28)21-14(3)26-20(34-21)13-33-19-8-6-17(25)7-9-19/h6-12H,4-5,13H2,1-3H3,(H,27,28). The number of rotatable bonds is 9. The van der Waals surface area contributed by atoms with Crippen LogP contribution in [0.25, 0.3) is 0 Å². The van der Waals surface area contributed by atoms with Crippen LogP contribution in [0.4, 0.5) is 10.1 Å². The molecule has 0 atom stereocenters. The predicted octanol–water partition coefficient (Wildman–Crippen LogP) is 4.78. The van der Waals surface area contributed by atoms with Crippen molar-refractivity contribution in [3.63, 3.8) is 0 Å². The Balaban J connectivity index is 1.78. The average Bonchev–Trinajstić information content (AvgIpc) is 3.19. The molecule has 0 unspecified atom stereocenters. The van der Waals surface area contributed by atoms with Gasteiger partial charge in [-0.25, -0.2) is 19.0 Å². The molecule has 1 heterocycles. The Kier molecular flexibility index (Phi) is 8.31. The average molecular weight is 487 g/mol. The quantitative estimate of drug-likeness (QED) is 0.434. The minimum absolute atomic E-state index is 0.107. The van der Waals surface area contributed by atoms with E-state index < -0.39 is 17.8 Å². The van der Waals surface area contributed by atoms with Crippen molar-refractivity contribution in [3.8, 4) is 5.75 Å². The molecule has 34 heavy (non-hydrogen) atoms. The van der Waals surface area contributed by atoms with Gasteiger partial charge >= 0.3 is 11.9 Å². The van der Waals surface area contributed by atoms with Gasteiger partial charge in [0.15, 0.2) is 0 Å². The number of nitrogens with one attached hydrogen (secondary N) is 1. The molecule has 3 aromatic rings. The molecule has 0 bridgehead atoms. The van der Waals surface area contributed by atoms with E-state index in [-0.39, 0.29) is 42.5 Å². The summed E-state index contributed by atoms with van der Waals surface area (Å²) in [5.41, 5.74) is 0.942. The van der Waals surface area contributed by atoms with E-state index in [9.17, 15) is 18.8 Å². The number of amides is 1. The van der Waals surface area contributed by atoms with Gasteiger partial charge in [0, 0.05) is 5.69 Å². The van der Waals surface area contributed by atoms with Gasteiger partial charge in [-0.2, -0.15) is 0 Å². The van der Waals surface area contributed by atoms with Gasteiger partial charge in [-0.15, -0.1) is 11.3 Å². The number of nitrogens with zero attached hydrogens (tertiary/aromatic N) is 1. The molecule has 3 rings (SSSR count). The summed E-state index contributed by atoms with van der Waals surface area (Å²) in [6.45, 7) is 5.45. The number of aromatic nitrogens is 1. The number of halogens is 1. The highest BCUT2D eigenvalue weighted by Crippen LogP contribution is 2.23. The molecule has 2 aromatic carbocycles. The molecule has 10 heteroatoms. The number of carbonyl (C=O) groups excluding carboxylic acids is 3. The number of ether oxygens (including phenoxy) is 3. The fraction of sp³-hybridized carbons (Fsp3) is 0.250. The molecule has 1 aromatic heterocycles. The summed E-state index contributed by atoms with van der Waals surface area (Å²) in [6, 6.07) is 9.78. The van der Waals surface area contributed by atoms with Gasteiger partial charge in [0.05, 0.1) is 30.0 Å². The van der Waals surface area contributed by atoms with Crippen LogP contribution in [-0.2, 0) is 16.1 Å². The Morgan fingerprint density at radius 2 is 1.56 bits per heavy atom. The first-order valence-corrected chi connectivity index (χ1v) is 11.3. The van der Waals surface area contributed by atoms with Gasteiger partial charge in [-0.1, -0.05) is 0 Å². The summed E-state index contributed by atoms with van der Waals surface area (Å²) < 4.78 is 28.6. The summed E-state index contributed by atoms with van der Waals surface area (Å²) in [4.78, 5) is 42.1. The fourth-order valence-corrected chi connectivity index (χ4v) is 3.83. The SMILES string of the molecule is CCOC(=O)c1cc(NC(=O)c2sc(COc3ccc(F)cc3)nc2C)cc(C(=O)OCC)c1. The van der Waals surface area contributed by atoms with Crippen molar-refractivity contribution in [1.82, 2.24) is 4.98 Å². The fourth-order valence-electron chi connectivity index (χ4n) is 2.95. The lowest BCUT2D eigenvalue weighted by atomic mass is 10.1. The summed E-state index contributed by atoms with van der Waals surface area (Å²) in [6.07, 6.45) is 0. The van der Waals surface area contributed by atoms with Crippen LogP contribution in [0.15, 0.2) is 42.5 Å². The van der Waals surface area contributed by atoms with Crippen LogP contribution in [0, 0.1) is 12.7 Å². The van der Waals surface area contributed by atoms with Crippen LogP contribution < -0.4 is 10.1 Å². The first-order chi connectivity index (χ1) is 16.3. The second kappa shape index (κ2) is 11.4. The smallest absolute Gasteiger partial charge is 0.338 e. The third-order valence-electron chi connectivity index (χ3n) is 4.44. The minimum atomic E-state index is -0.627. The molecule has 178 valence electrons. The van der Waals surface area contributed by atoms with Crippen molar-refractivity contribution in [2.75, 3.05) is 18.5 Å². The molecule has 0 spiro atoms. The van der Waals surface area contributed by atoms with Crippen molar-refractivity contribution in [2.45, 2.75) is 27.4 Å². The number of hydrogen-bond acceptors (Lipinski definition) is 8. The Morgan fingerprint density at radius 1 is 0.971 bits per heavy atom. The van der Waals surface area contributed by atoms with Crippen molar-refractivity contribution in [1.29, 1.82) is 0 Å². The molecule has 0 aliphatic carbocycles. The van der Waals surface area contributed by atoms with Crippen LogP contribution in [-0.4, -0.2) is 36.0 Å². The lowest BCUT2D eigenvalue weighted by Gasteiger charge is -2.10. The molecule has 0 saturated heterocycles. The van der Waals surface area contributed by atoms with Gasteiger partial charge in [0.25, 0.3) is 5.91 Å². The van der Waals surface area contributed by atoms with Crippen LogP contribution >= 0.6 is 11.3 Å². The summed E-state index contributed by atoms with van der Waals surface area (Å²) in [5, 5.41) is 3.26. The summed E-state index contributed by atoms with van der Waals surface area (Å²) in [7, 11) is 0. The molecule has 0 saturated carbocycles. The van der Waals surface area contributed by atoms with Crippen molar-refractivity contribution in [2.24, 2.45) is 0 Å². The van der Waals surface area contributed by atoms with Gasteiger partial charge < -0.3 is 19.5 Å². The van der Waals surface area contributed by atoms with Gasteiger partial charge in [-0.3, -0.25) is 4.79 Å². The first kappa shape index (κ1) is 24.8. The van der Waals surface area contributed by atoms with E-state index in [4.69, 9.17) is 14.2 Å². The van der Waals surface area contributed by atoms with Gasteiger partial charge in [0.2, 0.25) is 0 Å². The normalized spacial score (nSPS) is 10.5. The maximum atomic E-state index is 13.0. The Hall–Kier alpha value is -3.79.